The summed E-state index contributed by atoms with van der Waals surface area (Å²) in [6.07, 6.45) is 0. The zero-order valence-electron chi connectivity index (χ0n) is 10.4. The molecule has 18 heavy (non-hydrogen) atoms. The van der Waals surface area contributed by atoms with Gasteiger partial charge in [-0.1, -0.05) is 18.2 Å². The van der Waals surface area contributed by atoms with Gasteiger partial charge < -0.3 is 15.2 Å². The number of hydrogen-bond acceptors (Lipinski definition) is 3. The molecule has 0 heterocycles. The van der Waals surface area contributed by atoms with Gasteiger partial charge in [-0.3, -0.25) is 0 Å². The lowest BCUT2D eigenvalue weighted by atomic mass is 10.3. The molecule has 0 bridgehead atoms. The molecule has 0 aliphatic carbocycles. The highest BCUT2D eigenvalue weighted by molar-refractivity contribution is 5.35. The highest BCUT2D eigenvalue weighted by Gasteiger charge is 1.99. The van der Waals surface area contributed by atoms with Crippen molar-refractivity contribution in [1.29, 1.82) is 0 Å². The highest BCUT2D eigenvalue weighted by atomic mass is 16.5. The van der Waals surface area contributed by atoms with Gasteiger partial charge in [0.15, 0.2) is 0 Å². The Morgan fingerprint density at radius 3 is 2.06 bits per heavy atom. The number of nitrogens with two attached hydrogens (primary N) is 1. The fourth-order valence-corrected chi connectivity index (χ4v) is 1.46. The predicted molar refractivity (Wildman–Crippen MR) is 72.1 cm³/mol. The molecule has 94 valence electrons. The van der Waals surface area contributed by atoms with E-state index in [1.165, 1.54) is 0 Å². The van der Waals surface area contributed by atoms with E-state index >= 15 is 0 Å². The lowest BCUT2D eigenvalue weighted by molar-refractivity contribution is 0.296. The van der Waals surface area contributed by atoms with Crippen LogP contribution >= 0.6 is 0 Å². The van der Waals surface area contributed by atoms with E-state index in [0.717, 1.165) is 17.2 Å². The van der Waals surface area contributed by atoms with Crippen molar-refractivity contribution in [3.05, 3.63) is 54.6 Å². The van der Waals surface area contributed by atoms with Crippen LogP contribution in [0, 0.1) is 0 Å². The number of para-hydroxylation sites is 1. The molecular formula is C15H17NO2. The van der Waals surface area contributed by atoms with Crippen LogP contribution in [0.15, 0.2) is 54.6 Å². The van der Waals surface area contributed by atoms with Gasteiger partial charge in [-0.2, -0.15) is 0 Å². The number of hydrogen-bond donors (Lipinski definition) is 1. The summed E-state index contributed by atoms with van der Waals surface area (Å²) in [5.41, 5.74) is 5.62. The first-order chi connectivity index (χ1) is 8.74. The third-order valence-corrected chi connectivity index (χ3v) is 2.32. The smallest absolute Gasteiger partial charge is 0.127 e. The number of rotatable bonds is 5. The summed E-state index contributed by atoms with van der Waals surface area (Å²) < 4.78 is 11.2. The summed E-state index contributed by atoms with van der Waals surface area (Å²) in [5.74, 6) is 2.41. The Balaban J connectivity index is 1.95. The monoisotopic (exact) mass is 243 g/mol. The molecule has 2 N–H and O–H groups in total. The van der Waals surface area contributed by atoms with Crippen molar-refractivity contribution in [2.45, 2.75) is 13.0 Å². The van der Waals surface area contributed by atoms with E-state index in [4.69, 9.17) is 15.2 Å². The zero-order valence-corrected chi connectivity index (χ0v) is 10.4. The number of benzene rings is 2. The zero-order chi connectivity index (χ0) is 12.8. The van der Waals surface area contributed by atoms with Gasteiger partial charge in [-0.15, -0.1) is 0 Å². The third-order valence-electron chi connectivity index (χ3n) is 2.32. The van der Waals surface area contributed by atoms with Crippen LogP contribution in [0.3, 0.4) is 0 Å². The predicted octanol–water partition coefficient (Wildman–Crippen LogP) is 3.20. The maximum absolute atomic E-state index is 5.68. The lowest BCUT2D eigenvalue weighted by Gasteiger charge is -2.09. The average Bonchev–Trinajstić information content (AvgIpc) is 2.39. The van der Waals surface area contributed by atoms with Gasteiger partial charge in [0.05, 0.1) is 0 Å². The van der Waals surface area contributed by atoms with Crippen LogP contribution in [0.25, 0.3) is 0 Å². The van der Waals surface area contributed by atoms with E-state index in [9.17, 15) is 0 Å². The molecule has 2 aromatic carbocycles. The Morgan fingerprint density at radius 2 is 1.44 bits per heavy atom. The van der Waals surface area contributed by atoms with Crippen molar-refractivity contribution in [2.24, 2.45) is 5.73 Å². The molecule has 0 aliphatic rings. The van der Waals surface area contributed by atoms with Crippen molar-refractivity contribution in [1.82, 2.24) is 0 Å². The molecular weight excluding hydrogens is 226 g/mol. The van der Waals surface area contributed by atoms with Crippen LogP contribution in [0.2, 0.25) is 0 Å². The molecule has 0 saturated heterocycles. The molecule has 0 spiro atoms. The summed E-state index contributed by atoms with van der Waals surface area (Å²) in [4.78, 5) is 0. The van der Waals surface area contributed by atoms with Gasteiger partial charge >= 0.3 is 0 Å². The van der Waals surface area contributed by atoms with Crippen molar-refractivity contribution in [3.63, 3.8) is 0 Å². The van der Waals surface area contributed by atoms with Crippen LogP contribution in [0.5, 0.6) is 17.2 Å². The molecule has 2 aromatic rings. The molecule has 0 unspecified atom stereocenters. The lowest BCUT2D eigenvalue weighted by Crippen LogP contribution is -2.23. The van der Waals surface area contributed by atoms with Crippen molar-refractivity contribution in [2.75, 3.05) is 6.61 Å². The van der Waals surface area contributed by atoms with Gasteiger partial charge in [0.1, 0.15) is 23.9 Å². The maximum atomic E-state index is 5.68. The summed E-state index contributed by atoms with van der Waals surface area (Å²) in [5, 5.41) is 0. The topological polar surface area (TPSA) is 44.5 Å². The van der Waals surface area contributed by atoms with Crippen LogP contribution < -0.4 is 15.2 Å². The molecule has 3 heteroatoms. The first kappa shape index (κ1) is 12.5. The molecule has 0 aliphatic heterocycles. The first-order valence-corrected chi connectivity index (χ1v) is 5.95. The van der Waals surface area contributed by atoms with Gasteiger partial charge in [0.25, 0.3) is 0 Å². The Bertz CT molecular complexity index is 466. The molecule has 0 fully saturated rings. The molecule has 0 saturated carbocycles. The fraction of sp³-hybridized carbons (Fsp3) is 0.200. The van der Waals surface area contributed by atoms with Crippen LogP contribution in [-0.4, -0.2) is 12.6 Å². The first-order valence-electron chi connectivity index (χ1n) is 5.95. The van der Waals surface area contributed by atoms with E-state index in [2.05, 4.69) is 0 Å². The SMILES string of the molecule is C[C@H](N)COc1ccc(Oc2ccccc2)cc1. The van der Waals surface area contributed by atoms with E-state index in [0.29, 0.717) is 6.61 Å². The maximum Gasteiger partial charge on any atom is 0.127 e. The van der Waals surface area contributed by atoms with Crippen LogP contribution in [0.1, 0.15) is 6.92 Å². The molecule has 2 rings (SSSR count). The van der Waals surface area contributed by atoms with Gasteiger partial charge in [0.2, 0.25) is 0 Å². The minimum atomic E-state index is 0.0326. The van der Waals surface area contributed by atoms with E-state index in [-0.39, 0.29) is 6.04 Å². The summed E-state index contributed by atoms with van der Waals surface area (Å²) in [6.45, 7) is 2.42. The van der Waals surface area contributed by atoms with E-state index < -0.39 is 0 Å². The fourth-order valence-electron chi connectivity index (χ4n) is 1.46. The molecule has 0 aromatic heterocycles. The van der Waals surface area contributed by atoms with Gasteiger partial charge in [0, 0.05) is 6.04 Å². The minimum absolute atomic E-state index is 0.0326. The standard InChI is InChI=1S/C15H17NO2/c1-12(16)11-17-13-7-9-15(10-8-13)18-14-5-3-2-4-6-14/h2-10,12H,11,16H2,1H3/t12-/m0/s1. The summed E-state index contributed by atoms with van der Waals surface area (Å²) in [6, 6.07) is 17.2. The van der Waals surface area contributed by atoms with Gasteiger partial charge in [-0.25, -0.2) is 0 Å². The normalized spacial score (nSPS) is 11.9. The average molecular weight is 243 g/mol. The largest absolute Gasteiger partial charge is 0.492 e. The molecule has 1 atom stereocenters. The Labute approximate surface area is 107 Å². The second-order valence-corrected chi connectivity index (χ2v) is 4.17. The van der Waals surface area contributed by atoms with E-state index in [1.54, 1.807) is 0 Å². The minimum Gasteiger partial charge on any atom is -0.492 e. The third kappa shape index (κ3) is 3.79. The van der Waals surface area contributed by atoms with Crippen molar-refractivity contribution < 1.29 is 9.47 Å². The van der Waals surface area contributed by atoms with E-state index in [1.807, 2.05) is 61.5 Å². The molecule has 0 amide bonds. The Morgan fingerprint density at radius 1 is 0.889 bits per heavy atom. The molecule has 0 radical (unpaired) electrons. The van der Waals surface area contributed by atoms with Crippen LogP contribution in [0.4, 0.5) is 0 Å². The second-order valence-electron chi connectivity index (χ2n) is 4.17. The van der Waals surface area contributed by atoms with Crippen molar-refractivity contribution >= 4 is 0 Å². The highest BCUT2D eigenvalue weighted by Crippen LogP contribution is 2.23. The number of ether oxygens (including phenoxy) is 2. The Hall–Kier alpha value is -2.00. The molecule has 3 nitrogen and oxygen atoms in total. The van der Waals surface area contributed by atoms with Crippen molar-refractivity contribution in [3.8, 4) is 17.2 Å². The summed E-state index contributed by atoms with van der Waals surface area (Å²) in [7, 11) is 0. The Kier molecular flexibility index (Phi) is 4.20. The van der Waals surface area contributed by atoms with Crippen LogP contribution in [-0.2, 0) is 0 Å². The second kappa shape index (κ2) is 6.07. The van der Waals surface area contributed by atoms with Gasteiger partial charge in [-0.05, 0) is 43.3 Å². The quantitative estimate of drug-likeness (QED) is 0.877. The summed E-state index contributed by atoms with van der Waals surface area (Å²) >= 11 is 0.